The average molecular weight is 260 g/mol. The van der Waals surface area contributed by atoms with Gasteiger partial charge in [-0.15, -0.1) is 11.8 Å². The van der Waals surface area contributed by atoms with Gasteiger partial charge in [-0.3, -0.25) is 0 Å². The molecule has 0 aromatic carbocycles. The van der Waals surface area contributed by atoms with Gasteiger partial charge in [0.05, 0.1) is 6.10 Å². The number of ether oxygens (including phenoxy) is 1. The van der Waals surface area contributed by atoms with Gasteiger partial charge in [0.15, 0.2) is 5.75 Å². The number of nitrogens with zero attached hydrogens (tertiary/aromatic N) is 1. The Morgan fingerprint density at radius 1 is 1.62 bits per heavy atom. The van der Waals surface area contributed by atoms with Crippen molar-refractivity contribution >= 4 is 27.7 Å². The molecule has 0 aliphatic heterocycles. The Hall–Kier alpha value is -0.220. The van der Waals surface area contributed by atoms with Gasteiger partial charge >= 0.3 is 0 Å². The smallest absolute Gasteiger partial charge is 0.153 e. The highest BCUT2D eigenvalue weighted by molar-refractivity contribution is 9.10. The van der Waals surface area contributed by atoms with Gasteiger partial charge in [-0.2, -0.15) is 0 Å². The van der Waals surface area contributed by atoms with Crippen LogP contribution in [0.1, 0.15) is 12.8 Å². The standard InChI is InChI=1S/C9H10BrNOS/c1-13-7-4-8(9(10)11-5-7)12-6-2-3-6/h4-6H,2-3H2,1H3. The molecule has 4 heteroatoms. The molecule has 1 aromatic heterocycles. The highest BCUT2D eigenvalue weighted by Gasteiger charge is 2.24. The van der Waals surface area contributed by atoms with E-state index in [0.717, 1.165) is 15.2 Å². The predicted molar refractivity (Wildman–Crippen MR) is 57.4 cm³/mol. The third kappa shape index (κ3) is 2.38. The van der Waals surface area contributed by atoms with Crippen molar-refractivity contribution in [3.8, 4) is 5.75 Å². The fraction of sp³-hybridized carbons (Fsp3) is 0.444. The normalized spacial score (nSPS) is 15.8. The van der Waals surface area contributed by atoms with Crippen LogP contribution in [-0.4, -0.2) is 17.3 Å². The molecule has 2 rings (SSSR count). The molecule has 1 aromatic rings. The van der Waals surface area contributed by atoms with Crippen molar-refractivity contribution in [1.29, 1.82) is 0 Å². The molecule has 1 heterocycles. The van der Waals surface area contributed by atoms with Gasteiger partial charge in [0.1, 0.15) is 4.60 Å². The lowest BCUT2D eigenvalue weighted by atomic mass is 10.4. The zero-order valence-corrected chi connectivity index (χ0v) is 9.69. The molecule has 1 aliphatic carbocycles. The average Bonchev–Trinajstić information content (AvgIpc) is 2.93. The maximum absolute atomic E-state index is 5.68. The minimum Gasteiger partial charge on any atom is -0.488 e. The summed E-state index contributed by atoms with van der Waals surface area (Å²) in [5, 5.41) is 0. The molecule has 0 atom stereocenters. The molecule has 1 saturated carbocycles. The summed E-state index contributed by atoms with van der Waals surface area (Å²) >= 11 is 5.05. The molecule has 0 radical (unpaired) electrons. The first-order valence-electron chi connectivity index (χ1n) is 4.16. The Morgan fingerprint density at radius 3 is 3.00 bits per heavy atom. The molecule has 1 fully saturated rings. The monoisotopic (exact) mass is 259 g/mol. The third-order valence-electron chi connectivity index (χ3n) is 1.84. The van der Waals surface area contributed by atoms with Crippen molar-refractivity contribution in [2.24, 2.45) is 0 Å². The van der Waals surface area contributed by atoms with E-state index in [4.69, 9.17) is 4.74 Å². The zero-order chi connectivity index (χ0) is 9.26. The quantitative estimate of drug-likeness (QED) is 0.615. The van der Waals surface area contributed by atoms with Crippen LogP contribution in [-0.2, 0) is 0 Å². The topological polar surface area (TPSA) is 22.1 Å². The minimum absolute atomic E-state index is 0.426. The molecule has 0 bridgehead atoms. The molecule has 1 aliphatic rings. The zero-order valence-electron chi connectivity index (χ0n) is 7.29. The van der Waals surface area contributed by atoms with E-state index in [-0.39, 0.29) is 0 Å². The van der Waals surface area contributed by atoms with Crippen LogP contribution in [0.2, 0.25) is 0 Å². The lowest BCUT2D eigenvalue weighted by molar-refractivity contribution is 0.299. The Bertz CT molecular complexity index is 314. The Morgan fingerprint density at radius 2 is 2.38 bits per heavy atom. The van der Waals surface area contributed by atoms with Gasteiger partial charge in [-0.1, -0.05) is 0 Å². The fourth-order valence-electron chi connectivity index (χ4n) is 0.970. The SMILES string of the molecule is CSc1cnc(Br)c(OC2CC2)c1. The van der Waals surface area contributed by atoms with Gasteiger partial charge < -0.3 is 4.74 Å². The Kier molecular flexibility index (Phi) is 2.79. The van der Waals surface area contributed by atoms with Gasteiger partial charge in [0.25, 0.3) is 0 Å². The van der Waals surface area contributed by atoms with Crippen molar-refractivity contribution in [2.45, 2.75) is 23.8 Å². The van der Waals surface area contributed by atoms with E-state index >= 15 is 0 Å². The highest BCUT2D eigenvalue weighted by Crippen LogP contribution is 2.32. The lowest BCUT2D eigenvalue weighted by Crippen LogP contribution is -1.97. The molecule has 13 heavy (non-hydrogen) atoms. The molecular formula is C9H10BrNOS. The van der Waals surface area contributed by atoms with Crippen LogP contribution >= 0.6 is 27.7 Å². The van der Waals surface area contributed by atoms with Crippen LogP contribution in [0.4, 0.5) is 0 Å². The van der Waals surface area contributed by atoms with E-state index in [1.165, 1.54) is 12.8 Å². The van der Waals surface area contributed by atoms with Gasteiger partial charge in [-0.25, -0.2) is 4.98 Å². The first kappa shape index (κ1) is 9.34. The van der Waals surface area contributed by atoms with Crippen LogP contribution in [0.15, 0.2) is 21.8 Å². The third-order valence-corrected chi connectivity index (χ3v) is 3.13. The fourth-order valence-corrected chi connectivity index (χ4v) is 1.66. The van der Waals surface area contributed by atoms with E-state index < -0.39 is 0 Å². The molecule has 0 amide bonds. The molecule has 0 saturated heterocycles. The second-order valence-corrected chi connectivity index (χ2v) is 4.61. The summed E-state index contributed by atoms with van der Waals surface area (Å²) in [6.07, 6.45) is 6.65. The summed E-state index contributed by atoms with van der Waals surface area (Å²) < 4.78 is 6.48. The molecule has 2 nitrogen and oxygen atoms in total. The van der Waals surface area contributed by atoms with Crippen molar-refractivity contribution in [2.75, 3.05) is 6.26 Å². The predicted octanol–water partition coefficient (Wildman–Crippen LogP) is 3.11. The van der Waals surface area contributed by atoms with Crippen LogP contribution in [0.25, 0.3) is 0 Å². The van der Waals surface area contributed by atoms with E-state index in [2.05, 4.69) is 20.9 Å². The van der Waals surface area contributed by atoms with Crippen molar-refractivity contribution in [3.05, 3.63) is 16.9 Å². The maximum Gasteiger partial charge on any atom is 0.153 e. The summed E-state index contributed by atoms with van der Waals surface area (Å²) in [5.74, 6) is 0.870. The number of thioether (sulfide) groups is 1. The largest absolute Gasteiger partial charge is 0.488 e. The second kappa shape index (κ2) is 3.88. The molecule has 0 unspecified atom stereocenters. The van der Waals surface area contributed by atoms with E-state index in [9.17, 15) is 0 Å². The van der Waals surface area contributed by atoms with Crippen LogP contribution in [0.5, 0.6) is 5.75 Å². The van der Waals surface area contributed by atoms with E-state index in [1.807, 2.05) is 18.5 Å². The minimum atomic E-state index is 0.426. The molecular weight excluding hydrogens is 250 g/mol. The number of halogens is 1. The second-order valence-electron chi connectivity index (χ2n) is 2.98. The summed E-state index contributed by atoms with van der Waals surface area (Å²) in [5.41, 5.74) is 0. The van der Waals surface area contributed by atoms with Gasteiger partial charge in [0, 0.05) is 11.1 Å². The van der Waals surface area contributed by atoms with E-state index in [0.29, 0.717) is 6.10 Å². The first-order chi connectivity index (χ1) is 6.29. The molecule has 0 N–H and O–H groups in total. The Labute approximate surface area is 90.2 Å². The summed E-state index contributed by atoms with van der Waals surface area (Å²) in [7, 11) is 0. The number of aromatic nitrogens is 1. The highest BCUT2D eigenvalue weighted by atomic mass is 79.9. The number of rotatable bonds is 3. The van der Waals surface area contributed by atoms with Crippen molar-refractivity contribution in [1.82, 2.24) is 4.98 Å². The maximum atomic E-state index is 5.68. The summed E-state index contributed by atoms with van der Waals surface area (Å²) in [6.45, 7) is 0. The van der Waals surface area contributed by atoms with Gasteiger partial charge in [-0.05, 0) is 41.1 Å². The number of pyridine rings is 1. The summed E-state index contributed by atoms with van der Waals surface area (Å²) in [4.78, 5) is 5.34. The van der Waals surface area contributed by atoms with E-state index in [1.54, 1.807) is 11.8 Å². The lowest BCUT2D eigenvalue weighted by Gasteiger charge is -2.06. The molecule has 0 spiro atoms. The number of hydrogen-bond donors (Lipinski definition) is 0. The van der Waals surface area contributed by atoms with Crippen LogP contribution in [0.3, 0.4) is 0 Å². The van der Waals surface area contributed by atoms with Crippen molar-refractivity contribution < 1.29 is 4.74 Å². The number of hydrogen-bond acceptors (Lipinski definition) is 3. The Balaban J connectivity index is 2.19. The van der Waals surface area contributed by atoms with Crippen molar-refractivity contribution in [3.63, 3.8) is 0 Å². The molecule has 70 valence electrons. The first-order valence-corrected chi connectivity index (χ1v) is 6.17. The van der Waals surface area contributed by atoms with Crippen LogP contribution in [0, 0.1) is 0 Å². The summed E-state index contributed by atoms with van der Waals surface area (Å²) in [6, 6.07) is 2.03. The van der Waals surface area contributed by atoms with Gasteiger partial charge in [0.2, 0.25) is 0 Å². The van der Waals surface area contributed by atoms with Crippen LogP contribution < -0.4 is 4.74 Å².